The van der Waals surface area contributed by atoms with E-state index in [1.165, 1.54) is 34.3 Å². The van der Waals surface area contributed by atoms with Gasteiger partial charge in [0.15, 0.2) is 12.2 Å². The third-order valence-corrected chi connectivity index (χ3v) is 6.33. The van der Waals surface area contributed by atoms with Gasteiger partial charge in [0.2, 0.25) is 0 Å². The first-order chi connectivity index (χ1) is 15.0. The Labute approximate surface area is 182 Å². The number of aryl methyl sites for hydroxylation is 1. The van der Waals surface area contributed by atoms with Crippen molar-refractivity contribution in [2.24, 2.45) is 0 Å². The first kappa shape index (κ1) is 19.5. The van der Waals surface area contributed by atoms with Crippen LogP contribution in [0, 0.1) is 6.92 Å². The van der Waals surface area contributed by atoms with Crippen LogP contribution in [0.5, 0.6) is 0 Å². The molecule has 5 rings (SSSR count). The van der Waals surface area contributed by atoms with Crippen molar-refractivity contribution < 1.29 is 4.42 Å². The van der Waals surface area contributed by atoms with Gasteiger partial charge in [0.05, 0.1) is 12.2 Å². The third kappa shape index (κ3) is 3.72. The highest BCUT2D eigenvalue weighted by atomic mass is 16.3. The van der Waals surface area contributed by atoms with Crippen molar-refractivity contribution in [1.82, 2.24) is 15.0 Å². The zero-order valence-corrected chi connectivity index (χ0v) is 18.2. The van der Waals surface area contributed by atoms with Crippen molar-refractivity contribution in [2.75, 3.05) is 11.4 Å². The molecule has 4 aromatic rings. The summed E-state index contributed by atoms with van der Waals surface area (Å²) in [6, 6.07) is 17.8. The van der Waals surface area contributed by atoms with Gasteiger partial charge in [-0.2, -0.15) is 0 Å². The van der Waals surface area contributed by atoms with Gasteiger partial charge >= 0.3 is 0 Å². The maximum absolute atomic E-state index is 5.08. The van der Waals surface area contributed by atoms with E-state index in [1.807, 2.05) is 6.20 Å². The Morgan fingerprint density at radius 2 is 1.65 bits per heavy atom. The number of fused-ring (bicyclic) bond motifs is 1. The average Bonchev–Trinajstić information content (AvgIpc) is 3.34. The van der Waals surface area contributed by atoms with E-state index in [4.69, 9.17) is 9.40 Å². The van der Waals surface area contributed by atoms with E-state index in [2.05, 4.69) is 84.2 Å². The number of hydrogen-bond donors (Lipinski definition) is 0. The Hall–Kier alpha value is -3.47. The van der Waals surface area contributed by atoms with Crippen molar-refractivity contribution in [3.8, 4) is 11.5 Å². The topological polar surface area (TPSA) is 55.1 Å². The second-order valence-corrected chi connectivity index (χ2v) is 8.75. The first-order valence-electron chi connectivity index (χ1n) is 10.7. The second kappa shape index (κ2) is 7.65. The van der Waals surface area contributed by atoms with Crippen molar-refractivity contribution in [2.45, 2.75) is 39.2 Å². The Kier molecular flexibility index (Phi) is 4.81. The summed E-state index contributed by atoms with van der Waals surface area (Å²) in [5, 5.41) is 0. The monoisotopic (exact) mass is 410 g/mol. The fraction of sp³-hybridized carbons (Fsp3) is 0.269. The van der Waals surface area contributed by atoms with E-state index >= 15 is 0 Å². The third-order valence-electron chi connectivity index (χ3n) is 6.33. The molecule has 0 spiro atoms. The minimum atomic E-state index is -0.0412. The second-order valence-electron chi connectivity index (χ2n) is 8.75. The molecule has 1 aliphatic rings. The van der Waals surface area contributed by atoms with Gasteiger partial charge in [0.25, 0.3) is 0 Å². The van der Waals surface area contributed by atoms with Crippen LogP contribution >= 0.6 is 0 Å². The SMILES string of the molecule is Cc1ccc(C(C)(C)c2ccc(N3CCc4cnc(-c5cocn5)nc4C3)cc2)cc1. The van der Waals surface area contributed by atoms with Gasteiger partial charge in [-0.15, -0.1) is 0 Å². The summed E-state index contributed by atoms with van der Waals surface area (Å²) in [5.74, 6) is 0.615. The van der Waals surface area contributed by atoms with Crippen LogP contribution in [0.4, 0.5) is 5.69 Å². The molecular weight excluding hydrogens is 384 g/mol. The van der Waals surface area contributed by atoms with Crippen molar-refractivity contribution >= 4 is 5.69 Å². The number of nitrogens with zero attached hydrogens (tertiary/aromatic N) is 4. The van der Waals surface area contributed by atoms with Crippen LogP contribution in [0.15, 0.2) is 71.8 Å². The molecule has 0 unspecified atom stereocenters. The maximum Gasteiger partial charge on any atom is 0.181 e. The molecule has 31 heavy (non-hydrogen) atoms. The van der Waals surface area contributed by atoms with Crippen LogP contribution in [-0.2, 0) is 18.4 Å². The first-order valence-corrected chi connectivity index (χ1v) is 10.7. The van der Waals surface area contributed by atoms with Gasteiger partial charge in [0, 0.05) is 23.8 Å². The lowest BCUT2D eigenvalue weighted by Crippen LogP contribution is -2.31. The Morgan fingerprint density at radius 3 is 2.32 bits per heavy atom. The summed E-state index contributed by atoms with van der Waals surface area (Å²) in [5.41, 5.74) is 8.04. The fourth-order valence-electron chi connectivity index (χ4n) is 4.20. The number of aromatic nitrogens is 3. The Morgan fingerprint density at radius 1 is 0.935 bits per heavy atom. The molecule has 0 bridgehead atoms. The van der Waals surface area contributed by atoms with Crippen molar-refractivity contribution in [3.05, 3.63) is 95.3 Å². The largest absolute Gasteiger partial charge is 0.451 e. The maximum atomic E-state index is 5.08. The molecule has 0 atom stereocenters. The molecule has 5 nitrogen and oxygen atoms in total. The molecule has 5 heteroatoms. The molecular formula is C26H26N4O. The van der Waals surface area contributed by atoms with Gasteiger partial charge in [-0.3, -0.25) is 0 Å². The molecule has 156 valence electrons. The summed E-state index contributed by atoms with van der Waals surface area (Å²) in [6.45, 7) is 8.42. The smallest absolute Gasteiger partial charge is 0.181 e. The summed E-state index contributed by atoms with van der Waals surface area (Å²) in [7, 11) is 0. The van der Waals surface area contributed by atoms with Crippen LogP contribution in [0.25, 0.3) is 11.5 Å². The van der Waals surface area contributed by atoms with Gasteiger partial charge < -0.3 is 9.32 Å². The number of rotatable bonds is 4. The summed E-state index contributed by atoms with van der Waals surface area (Å²) < 4.78 is 5.08. The van der Waals surface area contributed by atoms with Crippen LogP contribution in [0.2, 0.25) is 0 Å². The fourth-order valence-corrected chi connectivity index (χ4v) is 4.20. The molecule has 1 aliphatic heterocycles. The minimum Gasteiger partial charge on any atom is -0.451 e. The van der Waals surface area contributed by atoms with Crippen LogP contribution in [0.3, 0.4) is 0 Å². The average molecular weight is 411 g/mol. The van der Waals surface area contributed by atoms with E-state index < -0.39 is 0 Å². The number of benzene rings is 2. The Balaban J connectivity index is 1.37. The zero-order chi connectivity index (χ0) is 21.4. The summed E-state index contributed by atoms with van der Waals surface area (Å²) >= 11 is 0. The van der Waals surface area contributed by atoms with E-state index in [1.54, 1.807) is 6.26 Å². The molecule has 0 saturated heterocycles. The summed E-state index contributed by atoms with van der Waals surface area (Å²) in [4.78, 5) is 15.8. The lowest BCUT2D eigenvalue weighted by molar-refractivity contribution is 0.558. The summed E-state index contributed by atoms with van der Waals surface area (Å²) in [6.07, 6.45) is 5.85. The minimum absolute atomic E-state index is 0.0412. The van der Waals surface area contributed by atoms with Crippen LogP contribution < -0.4 is 4.90 Å². The lowest BCUT2D eigenvalue weighted by atomic mass is 9.78. The highest BCUT2D eigenvalue weighted by Gasteiger charge is 2.24. The molecule has 0 amide bonds. The van der Waals surface area contributed by atoms with E-state index in [9.17, 15) is 0 Å². The molecule has 0 radical (unpaired) electrons. The molecule has 0 aliphatic carbocycles. The zero-order valence-electron chi connectivity index (χ0n) is 18.2. The number of anilines is 1. The highest BCUT2D eigenvalue weighted by Crippen LogP contribution is 2.33. The van der Waals surface area contributed by atoms with E-state index in [0.717, 1.165) is 25.2 Å². The number of oxazole rings is 1. The quantitative estimate of drug-likeness (QED) is 0.455. The van der Waals surface area contributed by atoms with Crippen LogP contribution in [0.1, 0.15) is 41.8 Å². The molecule has 0 N–H and O–H groups in total. The lowest BCUT2D eigenvalue weighted by Gasteiger charge is -2.31. The van der Waals surface area contributed by atoms with Crippen molar-refractivity contribution in [3.63, 3.8) is 0 Å². The molecule has 0 saturated carbocycles. The van der Waals surface area contributed by atoms with Crippen LogP contribution in [-0.4, -0.2) is 21.5 Å². The molecule has 3 heterocycles. The molecule has 2 aromatic heterocycles. The predicted octanol–water partition coefficient (Wildman–Crippen LogP) is 5.33. The standard InChI is InChI=1S/C26H26N4O/c1-18-4-6-20(7-5-18)26(2,3)21-8-10-22(11-9-21)30-13-12-19-14-27-25(29-23(19)15-30)24-16-31-17-28-24/h4-11,14,16-17H,12-13,15H2,1-3H3. The van der Waals surface area contributed by atoms with Gasteiger partial charge in [-0.05, 0) is 42.2 Å². The predicted molar refractivity (Wildman–Crippen MR) is 122 cm³/mol. The van der Waals surface area contributed by atoms with Gasteiger partial charge in [-0.1, -0.05) is 55.8 Å². The molecule has 2 aromatic carbocycles. The van der Waals surface area contributed by atoms with Crippen molar-refractivity contribution in [1.29, 1.82) is 0 Å². The molecule has 0 fully saturated rings. The Bertz CT molecular complexity index is 1180. The number of hydrogen-bond acceptors (Lipinski definition) is 5. The van der Waals surface area contributed by atoms with Gasteiger partial charge in [-0.25, -0.2) is 15.0 Å². The van der Waals surface area contributed by atoms with E-state index in [-0.39, 0.29) is 5.41 Å². The van der Waals surface area contributed by atoms with E-state index in [0.29, 0.717) is 11.5 Å². The normalized spacial score (nSPS) is 13.8. The van der Waals surface area contributed by atoms with Gasteiger partial charge in [0.1, 0.15) is 12.0 Å². The highest BCUT2D eigenvalue weighted by molar-refractivity contribution is 5.53.